The molecule has 0 radical (unpaired) electrons. The second kappa shape index (κ2) is 7.33. The number of aliphatic hydroxyl groups excluding tert-OH is 1. The monoisotopic (exact) mass is 285 g/mol. The van der Waals surface area contributed by atoms with Gasteiger partial charge < -0.3 is 10.0 Å². The second-order valence-electron chi connectivity index (χ2n) is 6.91. The maximum atomic E-state index is 10.2. The quantitative estimate of drug-likeness (QED) is 0.610. The minimum atomic E-state index is -0.110. The van der Waals surface area contributed by atoms with Gasteiger partial charge >= 0.3 is 0 Å². The molecule has 2 saturated carbocycles. The van der Waals surface area contributed by atoms with Crippen LogP contribution >= 0.6 is 12.6 Å². The lowest BCUT2D eigenvalue weighted by Crippen LogP contribution is -2.48. The Morgan fingerprint density at radius 3 is 2.26 bits per heavy atom. The zero-order valence-corrected chi connectivity index (χ0v) is 13.4. The topological polar surface area (TPSA) is 23.5 Å². The van der Waals surface area contributed by atoms with Crippen molar-refractivity contribution in [2.24, 2.45) is 5.41 Å². The van der Waals surface area contributed by atoms with Gasteiger partial charge in [0.15, 0.2) is 0 Å². The fourth-order valence-electron chi connectivity index (χ4n) is 4.10. The number of hydrogen-bond donors (Lipinski definition) is 2. The van der Waals surface area contributed by atoms with Gasteiger partial charge in [0.2, 0.25) is 0 Å². The Hall–Kier alpha value is 0.270. The highest BCUT2D eigenvalue weighted by Crippen LogP contribution is 2.38. The van der Waals surface area contributed by atoms with Crippen molar-refractivity contribution < 1.29 is 5.11 Å². The first-order chi connectivity index (χ1) is 9.17. The Kier molecular flexibility index (Phi) is 6.04. The summed E-state index contributed by atoms with van der Waals surface area (Å²) in [5, 5.41) is 10.2. The summed E-state index contributed by atoms with van der Waals surface area (Å²) in [7, 11) is 2.22. The van der Waals surface area contributed by atoms with Crippen LogP contribution in [0.2, 0.25) is 0 Å². The number of rotatable bonds is 4. The maximum Gasteiger partial charge on any atom is 0.0695 e. The lowest BCUT2D eigenvalue weighted by atomic mass is 9.80. The maximum absolute atomic E-state index is 10.2. The lowest BCUT2D eigenvalue weighted by Gasteiger charge is -2.41. The van der Waals surface area contributed by atoms with E-state index < -0.39 is 0 Å². The zero-order chi connectivity index (χ0) is 13.7. The Morgan fingerprint density at radius 2 is 1.68 bits per heavy atom. The van der Waals surface area contributed by atoms with Gasteiger partial charge in [-0.05, 0) is 43.9 Å². The van der Waals surface area contributed by atoms with E-state index in [-0.39, 0.29) is 6.10 Å². The summed E-state index contributed by atoms with van der Waals surface area (Å²) in [4.78, 5) is 2.45. The second-order valence-corrected chi connectivity index (χ2v) is 7.22. The van der Waals surface area contributed by atoms with Crippen LogP contribution < -0.4 is 0 Å². The highest BCUT2D eigenvalue weighted by Gasteiger charge is 2.34. The van der Waals surface area contributed by atoms with Crippen molar-refractivity contribution in [3.05, 3.63) is 0 Å². The average molecular weight is 285 g/mol. The smallest absolute Gasteiger partial charge is 0.0695 e. The van der Waals surface area contributed by atoms with E-state index in [4.69, 9.17) is 0 Å². The molecule has 0 aromatic heterocycles. The van der Waals surface area contributed by atoms with Crippen molar-refractivity contribution in [3.63, 3.8) is 0 Å². The van der Waals surface area contributed by atoms with Gasteiger partial charge in [-0.3, -0.25) is 0 Å². The average Bonchev–Trinajstić information content (AvgIpc) is 2.65. The van der Waals surface area contributed by atoms with E-state index in [2.05, 4.69) is 24.6 Å². The van der Waals surface area contributed by atoms with Crippen LogP contribution in [0.5, 0.6) is 0 Å². The molecule has 0 aliphatic heterocycles. The van der Waals surface area contributed by atoms with Crippen molar-refractivity contribution in [2.75, 3.05) is 19.3 Å². The molecule has 0 heterocycles. The lowest BCUT2D eigenvalue weighted by molar-refractivity contribution is 0.0130. The van der Waals surface area contributed by atoms with Gasteiger partial charge in [0.1, 0.15) is 0 Å². The van der Waals surface area contributed by atoms with Crippen molar-refractivity contribution in [2.45, 2.75) is 76.4 Å². The molecule has 0 saturated heterocycles. The molecule has 1 N–H and O–H groups in total. The summed E-state index contributed by atoms with van der Waals surface area (Å²) >= 11 is 4.67. The summed E-state index contributed by atoms with van der Waals surface area (Å²) in [6.07, 6.45) is 12.7. The minimum Gasteiger partial charge on any atom is -0.391 e. The molecule has 2 unspecified atom stereocenters. The van der Waals surface area contributed by atoms with Gasteiger partial charge in [-0.2, -0.15) is 12.6 Å². The first-order valence-corrected chi connectivity index (χ1v) is 8.79. The van der Waals surface area contributed by atoms with Crippen LogP contribution in [0.3, 0.4) is 0 Å². The number of aliphatic hydroxyl groups is 1. The SMILES string of the molecule is CN(CC1(CS)CCCCCC1)C1CCCCC1O. The molecule has 2 nitrogen and oxygen atoms in total. The van der Waals surface area contributed by atoms with Crippen molar-refractivity contribution in [1.82, 2.24) is 4.90 Å². The molecule has 0 aromatic rings. The summed E-state index contributed by atoms with van der Waals surface area (Å²) in [6, 6.07) is 0.383. The van der Waals surface area contributed by atoms with E-state index >= 15 is 0 Å². The molecule has 3 heteroatoms. The van der Waals surface area contributed by atoms with E-state index in [1.165, 1.54) is 57.8 Å². The molecule has 112 valence electrons. The number of nitrogens with zero attached hydrogens (tertiary/aromatic N) is 1. The number of thiol groups is 1. The molecule has 2 atom stereocenters. The van der Waals surface area contributed by atoms with E-state index in [0.717, 1.165) is 18.7 Å². The van der Waals surface area contributed by atoms with Gasteiger partial charge in [0.05, 0.1) is 6.10 Å². The van der Waals surface area contributed by atoms with Crippen LogP contribution in [0.1, 0.15) is 64.2 Å². The van der Waals surface area contributed by atoms with Crippen molar-refractivity contribution in [3.8, 4) is 0 Å². The van der Waals surface area contributed by atoms with E-state index in [9.17, 15) is 5.11 Å². The molecule has 2 aliphatic carbocycles. The Morgan fingerprint density at radius 1 is 1.05 bits per heavy atom. The molecular formula is C16H31NOS. The highest BCUT2D eigenvalue weighted by molar-refractivity contribution is 7.80. The Labute approximate surface area is 124 Å². The Balaban J connectivity index is 1.95. The number of hydrogen-bond acceptors (Lipinski definition) is 3. The fourth-order valence-corrected chi connectivity index (χ4v) is 4.51. The largest absolute Gasteiger partial charge is 0.391 e. The van der Waals surface area contributed by atoms with Crippen molar-refractivity contribution in [1.29, 1.82) is 0 Å². The van der Waals surface area contributed by atoms with Crippen LogP contribution in [0.4, 0.5) is 0 Å². The third kappa shape index (κ3) is 4.12. The van der Waals surface area contributed by atoms with E-state index in [1.54, 1.807) is 0 Å². The first kappa shape index (κ1) is 15.7. The molecule has 0 amide bonds. The summed E-state index contributed by atoms with van der Waals surface area (Å²) in [5.74, 6) is 1.00. The molecule has 0 aromatic carbocycles. The van der Waals surface area contributed by atoms with Gasteiger partial charge in [-0.25, -0.2) is 0 Å². The molecule has 2 fully saturated rings. The standard InChI is InChI=1S/C16H31NOS/c1-17(14-8-4-5-9-15(14)18)12-16(13-19)10-6-2-3-7-11-16/h14-15,18-19H,2-13H2,1H3. The summed E-state index contributed by atoms with van der Waals surface area (Å²) in [6.45, 7) is 1.12. The normalized spacial score (nSPS) is 32.2. The van der Waals surface area contributed by atoms with Crippen LogP contribution in [0, 0.1) is 5.41 Å². The van der Waals surface area contributed by atoms with Crippen LogP contribution in [0.25, 0.3) is 0 Å². The number of likely N-dealkylation sites (N-methyl/N-ethyl adjacent to an activating group) is 1. The predicted octanol–water partition coefficient (Wildman–Crippen LogP) is 3.49. The Bertz CT molecular complexity index is 263. The third-order valence-electron chi connectivity index (χ3n) is 5.34. The highest BCUT2D eigenvalue weighted by atomic mass is 32.1. The molecule has 0 spiro atoms. The molecule has 2 rings (SSSR count). The van der Waals surface area contributed by atoms with Gasteiger partial charge in [0.25, 0.3) is 0 Å². The first-order valence-electron chi connectivity index (χ1n) is 8.16. The van der Waals surface area contributed by atoms with Crippen LogP contribution in [0.15, 0.2) is 0 Å². The molecule has 2 aliphatic rings. The minimum absolute atomic E-state index is 0.110. The van der Waals surface area contributed by atoms with Crippen LogP contribution in [-0.2, 0) is 0 Å². The zero-order valence-electron chi connectivity index (χ0n) is 12.5. The fraction of sp³-hybridized carbons (Fsp3) is 1.00. The third-order valence-corrected chi connectivity index (χ3v) is 6.02. The van der Waals surface area contributed by atoms with Crippen molar-refractivity contribution >= 4 is 12.6 Å². The summed E-state index contributed by atoms with van der Waals surface area (Å²) < 4.78 is 0. The van der Waals surface area contributed by atoms with Gasteiger partial charge in [-0.15, -0.1) is 0 Å². The van der Waals surface area contributed by atoms with E-state index in [0.29, 0.717) is 11.5 Å². The molecular weight excluding hydrogens is 254 g/mol. The molecule has 19 heavy (non-hydrogen) atoms. The van der Waals surface area contributed by atoms with Crippen LogP contribution in [-0.4, -0.2) is 41.5 Å². The predicted molar refractivity (Wildman–Crippen MR) is 84.9 cm³/mol. The van der Waals surface area contributed by atoms with Gasteiger partial charge in [-0.1, -0.05) is 38.5 Å². The summed E-state index contributed by atoms with van der Waals surface area (Å²) in [5.41, 5.74) is 0.394. The van der Waals surface area contributed by atoms with Gasteiger partial charge in [0, 0.05) is 12.6 Å². The molecule has 0 bridgehead atoms. The van der Waals surface area contributed by atoms with E-state index in [1.807, 2.05) is 0 Å².